The molecule has 4 N–H and O–H groups in total. The molecule has 0 spiro atoms. The van der Waals surface area contributed by atoms with Crippen LogP contribution >= 0.6 is 11.3 Å². The Hall–Kier alpha value is -2.61. The molecule has 0 unspecified atom stereocenters. The van der Waals surface area contributed by atoms with Crippen LogP contribution in [0.15, 0.2) is 23.6 Å². The molecule has 0 atom stereocenters. The maximum Gasteiger partial charge on any atom is 0.309 e. The number of hydrogen-bond acceptors (Lipinski definition) is 6. The molecule has 0 radical (unpaired) electrons. The molecular formula is C12H10N2O5S. The molecule has 0 fully saturated rings. The number of carbonyl (C=O) groups is 2. The zero-order chi connectivity index (χ0) is 14.7. The summed E-state index contributed by atoms with van der Waals surface area (Å²) in [6.07, 6.45) is -0.216. The Labute approximate surface area is 117 Å². The van der Waals surface area contributed by atoms with E-state index in [2.05, 4.69) is 10.3 Å². The van der Waals surface area contributed by atoms with Crippen molar-refractivity contribution < 1.29 is 24.9 Å². The molecule has 2 rings (SSSR count). The minimum Gasteiger partial charge on any atom is -0.504 e. The number of thiazole rings is 1. The Balaban J connectivity index is 2.09. The van der Waals surface area contributed by atoms with Crippen molar-refractivity contribution in [3.63, 3.8) is 0 Å². The number of aliphatic carboxylic acids is 1. The van der Waals surface area contributed by atoms with E-state index < -0.39 is 17.6 Å². The summed E-state index contributed by atoms with van der Waals surface area (Å²) in [4.78, 5) is 26.3. The number of amides is 1. The predicted molar refractivity (Wildman–Crippen MR) is 71.2 cm³/mol. The average molecular weight is 294 g/mol. The Bertz CT molecular complexity index is 668. The molecule has 0 aliphatic rings. The first-order valence-electron chi connectivity index (χ1n) is 5.45. The van der Waals surface area contributed by atoms with Gasteiger partial charge in [-0.15, -0.1) is 11.3 Å². The zero-order valence-electron chi connectivity index (χ0n) is 10.0. The minimum absolute atomic E-state index is 0.148. The summed E-state index contributed by atoms with van der Waals surface area (Å²) >= 11 is 1.10. The highest BCUT2D eigenvalue weighted by Crippen LogP contribution is 2.25. The van der Waals surface area contributed by atoms with Crippen molar-refractivity contribution in [2.75, 3.05) is 5.32 Å². The lowest BCUT2D eigenvalue weighted by atomic mass is 10.2. The molecule has 1 heterocycles. The Kier molecular flexibility index (Phi) is 3.85. The summed E-state index contributed by atoms with van der Waals surface area (Å²) in [7, 11) is 0. The number of nitrogens with one attached hydrogen (secondary N) is 1. The van der Waals surface area contributed by atoms with Crippen molar-refractivity contribution in [2.24, 2.45) is 0 Å². The van der Waals surface area contributed by atoms with E-state index in [0.29, 0.717) is 5.69 Å². The van der Waals surface area contributed by atoms with Gasteiger partial charge < -0.3 is 15.3 Å². The van der Waals surface area contributed by atoms with Crippen LogP contribution in [-0.2, 0) is 11.2 Å². The fraction of sp³-hybridized carbons (Fsp3) is 0.0833. The molecule has 2 aromatic rings. The first kappa shape index (κ1) is 13.8. The summed E-state index contributed by atoms with van der Waals surface area (Å²) in [5.41, 5.74) is 0.502. The van der Waals surface area contributed by atoms with E-state index in [0.717, 1.165) is 17.4 Å². The van der Waals surface area contributed by atoms with Crippen LogP contribution in [0.3, 0.4) is 0 Å². The SMILES string of the molecule is O=C(O)Cc1csc(NC(=O)c2ccc(O)c(O)c2)n1. The zero-order valence-corrected chi connectivity index (χ0v) is 10.8. The fourth-order valence-corrected chi connectivity index (χ4v) is 2.14. The van der Waals surface area contributed by atoms with Crippen LogP contribution in [0.1, 0.15) is 16.1 Å². The first-order chi connectivity index (χ1) is 9.45. The van der Waals surface area contributed by atoms with Gasteiger partial charge >= 0.3 is 5.97 Å². The van der Waals surface area contributed by atoms with Crippen molar-refractivity contribution >= 4 is 28.3 Å². The normalized spacial score (nSPS) is 10.2. The van der Waals surface area contributed by atoms with E-state index in [1.807, 2.05) is 0 Å². The number of carboxylic acid groups (broad SMARTS) is 1. The second-order valence-electron chi connectivity index (χ2n) is 3.87. The predicted octanol–water partition coefficient (Wildman–Crippen LogP) is 1.43. The average Bonchev–Trinajstić information content (AvgIpc) is 2.79. The lowest BCUT2D eigenvalue weighted by Gasteiger charge is -2.03. The van der Waals surface area contributed by atoms with Crippen LogP contribution in [0.4, 0.5) is 5.13 Å². The number of benzene rings is 1. The smallest absolute Gasteiger partial charge is 0.309 e. The molecule has 104 valence electrons. The molecule has 0 bridgehead atoms. The Morgan fingerprint density at radius 3 is 2.65 bits per heavy atom. The van der Waals surface area contributed by atoms with Crippen LogP contribution < -0.4 is 5.32 Å². The van der Waals surface area contributed by atoms with Gasteiger partial charge in [0, 0.05) is 10.9 Å². The molecule has 20 heavy (non-hydrogen) atoms. The molecule has 0 saturated heterocycles. The van der Waals surface area contributed by atoms with E-state index in [9.17, 15) is 14.7 Å². The number of aromatic nitrogens is 1. The van der Waals surface area contributed by atoms with Crippen LogP contribution in [0.2, 0.25) is 0 Å². The molecule has 0 saturated carbocycles. The number of anilines is 1. The second-order valence-corrected chi connectivity index (χ2v) is 4.73. The topological polar surface area (TPSA) is 120 Å². The molecule has 0 aliphatic carbocycles. The molecule has 8 heteroatoms. The lowest BCUT2D eigenvalue weighted by Crippen LogP contribution is -2.11. The number of carbonyl (C=O) groups excluding carboxylic acids is 1. The monoisotopic (exact) mass is 294 g/mol. The summed E-state index contributed by atoms with van der Waals surface area (Å²) in [5, 5.41) is 31.4. The van der Waals surface area contributed by atoms with Crippen molar-refractivity contribution in [1.29, 1.82) is 0 Å². The van der Waals surface area contributed by atoms with Crippen molar-refractivity contribution in [3.8, 4) is 11.5 Å². The van der Waals surface area contributed by atoms with E-state index >= 15 is 0 Å². The third-order valence-corrected chi connectivity index (χ3v) is 3.15. The molecule has 1 amide bonds. The first-order valence-corrected chi connectivity index (χ1v) is 6.33. The van der Waals surface area contributed by atoms with Crippen molar-refractivity contribution in [3.05, 3.63) is 34.8 Å². The highest BCUT2D eigenvalue weighted by molar-refractivity contribution is 7.14. The van der Waals surface area contributed by atoms with Gasteiger partial charge in [0.2, 0.25) is 0 Å². The summed E-state index contributed by atoms with van der Waals surface area (Å²) in [6.45, 7) is 0. The number of aromatic hydroxyl groups is 2. The Morgan fingerprint density at radius 2 is 2.00 bits per heavy atom. The van der Waals surface area contributed by atoms with Crippen LogP contribution in [0, 0.1) is 0 Å². The lowest BCUT2D eigenvalue weighted by molar-refractivity contribution is -0.136. The van der Waals surface area contributed by atoms with Gasteiger partial charge in [-0.3, -0.25) is 14.9 Å². The van der Waals surface area contributed by atoms with E-state index in [-0.39, 0.29) is 22.9 Å². The highest BCUT2D eigenvalue weighted by atomic mass is 32.1. The molecule has 0 aliphatic heterocycles. The number of hydrogen-bond donors (Lipinski definition) is 4. The van der Waals surface area contributed by atoms with E-state index in [4.69, 9.17) is 10.2 Å². The van der Waals surface area contributed by atoms with Crippen molar-refractivity contribution in [1.82, 2.24) is 4.98 Å². The third-order valence-electron chi connectivity index (χ3n) is 2.34. The van der Waals surface area contributed by atoms with Crippen molar-refractivity contribution in [2.45, 2.75) is 6.42 Å². The number of rotatable bonds is 4. The van der Waals surface area contributed by atoms with Gasteiger partial charge in [0.1, 0.15) is 0 Å². The van der Waals surface area contributed by atoms with E-state index in [1.54, 1.807) is 0 Å². The quantitative estimate of drug-likeness (QED) is 0.633. The number of phenolic OH excluding ortho intramolecular Hbond substituents is 2. The summed E-state index contributed by atoms with van der Waals surface area (Å²) < 4.78 is 0. The Morgan fingerprint density at radius 1 is 1.25 bits per heavy atom. The third kappa shape index (κ3) is 3.23. The summed E-state index contributed by atoms with van der Waals surface area (Å²) in [5.74, 6) is -2.24. The minimum atomic E-state index is -1.00. The van der Waals surface area contributed by atoms with Gasteiger partial charge in [-0.25, -0.2) is 4.98 Å². The van der Waals surface area contributed by atoms with Gasteiger partial charge in [-0.2, -0.15) is 0 Å². The fourth-order valence-electron chi connectivity index (χ4n) is 1.43. The maximum absolute atomic E-state index is 11.9. The number of carboxylic acids is 1. The molecule has 7 nitrogen and oxygen atoms in total. The highest BCUT2D eigenvalue weighted by Gasteiger charge is 2.12. The van der Waals surface area contributed by atoms with Gasteiger partial charge in [0.15, 0.2) is 16.6 Å². The number of phenols is 2. The molecule has 1 aromatic carbocycles. The maximum atomic E-state index is 11.9. The summed E-state index contributed by atoms with van der Waals surface area (Å²) in [6, 6.07) is 3.66. The number of nitrogens with zero attached hydrogens (tertiary/aromatic N) is 1. The van der Waals surface area contributed by atoms with E-state index in [1.165, 1.54) is 17.5 Å². The van der Waals surface area contributed by atoms with Crippen LogP contribution in [0.25, 0.3) is 0 Å². The van der Waals surface area contributed by atoms with Gasteiger partial charge in [0.05, 0.1) is 12.1 Å². The van der Waals surface area contributed by atoms with Crippen LogP contribution in [-0.4, -0.2) is 32.2 Å². The second kappa shape index (κ2) is 5.57. The molecule has 1 aromatic heterocycles. The standard InChI is InChI=1S/C12H10N2O5S/c15-8-2-1-6(3-9(8)16)11(19)14-12-13-7(5-20-12)4-10(17)18/h1-3,5,15-16H,4H2,(H,17,18)(H,13,14,19). The van der Waals surface area contributed by atoms with Crippen LogP contribution in [0.5, 0.6) is 11.5 Å². The van der Waals surface area contributed by atoms with Gasteiger partial charge in [-0.1, -0.05) is 0 Å². The van der Waals surface area contributed by atoms with Gasteiger partial charge in [0.25, 0.3) is 5.91 Å². The molecular weight excluding hydrogens is 284 g/mol. The largest absolute Gasteiger partial charge is 0.504 e. The van der Waals surface area contributed by atoms with Gasteiger partial charge in [-0.05, 0) is 18.2 Å².